The maximum atomic E-state index is 12.9. The summed E-state index contributed by atoms with van der Waals surface area (Å²) >= 11 is 0. The molecule has 1 unspecified atom stereocenters. The number of carbonyl (C=O) groups is 1. The zero-order chi connectivity index (χ0) is 17.9. The molecular formula is C18H16FN5O2. The van der Waals surface area contributed by atoms with Crippen LogP contribution in [0.4, 0.5) is 4.39 Å². The molecule has 1 aromatic carbocycles. The van der Waals surface area contributed by atoms with Crippen LogP contribution in [0.5, 0.6) is 6.01 Å². The molecule has 1 saturated heterocycles. The second-order valence-electron chi connectivity index (χ2n) is 6.08. The van der Waals surface area contributed by atoms with Gasteiger partial charge in [0, 0.05) is 24.5 Å². The second kappa shape index (κ2) is 6.99. The second-order valence-corrected chi connectivity index (χ2v) is 6.08. The summed E-state index contributed by atoms with van der Waals surface area (Å²) < 4.78 is 18.6. The van der Waals surface area contributed by atoms with E-state index in [0.717, 1.165) is 30.8 Å². The van der Waals surface area contributed by atoms with E-state index in [1.165, 1.54) is 0 Å². The maximum Gasteiger partial charge on any atom is 0.316 e. The Kier molecular flexibility index (Phi) is 4.39. The highest BCUT2D eigenvalue weighted by Gasteiger charge is 2.26. The molecule has 4 rings (SSSR count). The molecule has 8 heteroatoms. The van der Waals surface area contributed by atoms with E-state index in [1.54, 1.807) is 35.5 Å². The van der Waals surface area contributed by atoms with E-state index in [9.17, 15) is 9.18 Å². The van der Waals surface area contributed by atoms with E-state index in [1.807, 2.05) is 0 Å². The minimum absolute atomic E-state index is 0.0779. The van der Waals surface area contributed by atoms with E-state index in [2.05, 4.69) is 19.9 Å². The molecule has 0 spiro atoms. The van der Waals surface area contributed by atoms with Gasteiger partial charge in [-0.3, -0.25) is 14.8 Å². The summed E-state index contributed by atoms with van der Waals surface area (Å²) in [5.74, 6) is -0.594. The molecule has 1 fully saturated rings. The van der Waals surface area contributed by atoms with E-state index >= 15 is 0 Å². The van der Waals surface area contributed by atoms with Crippen molar-refractivity contribution in [3.8, 4) is 6.01 Å². The number of rotatable bonds is 3. The van der Waals surface area contributed by atoms with Crippen molar-refractivity contribution in [3.63, 3.8) is 0 Å². The van der Waals surface area contributed by atoms with Gasteiger partial charge in [0.1, 0.15) is 6.10 Å². The molecule has 1 amide bonds. The monoisotopic (exact) mass is 353 g/mol. The van der Waals surface area contributed by atoms with Crippen LogP contribution in [0, 0.1) is 5.82 Å². The smallest absolute Gasteiger partial charge is 0.316 e. The first-order chi connectivity index (χ1) is 12.7. The number of hydrogen-bond donors (Lipinski definition) is 0. The van der Waals surface area contributed by atoms with Crippen LogP contribution in [0.3, 0.4) is 0 Å². The number of ether oxygens (including phenoxy) is 1. The predicted molar refractivity (Wildman–Crippen MR) is 91.1 cm³/mol. The van der Waals surface area contributed by atoms with Crippen LogP contribution in [-0.2, 0) is 0 Å². The molecule has 0 aliphatic carbocycles. The Balaban J connectivity index is 1.47. The number of aromatic nitrogens is 4. The van der Waals surface area contributed by atoms with Gasteiger partial charge in [-0.25, -0.2) is 14.4 Å². The molecule has 26 heavy (non-hydrogen) atoms. The molecule has 3 aromatic rings. The number of likely N-dealkylation sites (tertiary alicyclic amines) is 1. The topological polar surface area (TPSA) is 81.1 Å². The lowest BCUT2D eigenvalue weighted by molar-refractivity contribution is 0.0515. The van der Waals surface area contributed by atoms with Gasteiger partial charge in [0.2, 0.25) is 0 Å². The van der Waals surface area contributed by atoms with Gasteiger partial charge in [-0.05, 0) is 31.0 Å². The van der Waals surface area contributed by atoms with Gasteiger partial charge < -0.3 is 9.64 Å². The highest BCUT2D eigenvalue weighted by atomic mass is 19.1. The van der Waals surface area contributed by atoms with Gasteiger partial charge in [0.15, 0.2) is 5.82 Å². The zero-order valence-corrected chi connectivity index (χ0v) is 13.9. The standard InChI is InChI=1S/C18H16FN5O2/c19-13-9-22-18(23-10-13)26-14-2-1-7-24(11-14)17(25)12-3-4-15-16(8-12)21-6-5-20-15/h3-6,8-10,14H,1-2,7,11H2. The highest BCUT2D eigenvalue weighted by Crippen LogP contribution is 2.19. The molecule has 7 nitrogen and oxygen atoms in total. The van der Waals surface area contributed by atoms with Gasteiger partial charge in [-0.2, -0.15) is 0 Å². The fraction of sp³-hybridized carbons (Fsp3) is 0.278. The normalized spacial score (nSPS) is 17.3. The molecule has 0 radical (unpaired) electrons. The summed E-state index contributed by atoms with van der Waals surface area (Å²) in [4.78, 5) is 30.6. The van der Waals surface area contributed by atoms with Crippen LogP contribution >= 0.6 is 0 Å². The molecule has 1 aliphatic heterocycles. The molecular weight excluding hydrogens is 337 g/mol. The summed E-state index contributed by atoms with van der Waals surface area (Å²) in [5, 5.41) is 0. The summed E-state index contributed by atoms with van der Waals surface area (Å²) in [6.45, 7) is 1.08. The van der Waals surface area contributed by atoms with E-state index in [-0.39, 0.29) is 18.0 Å². The van der Waals surface area contributed by atoms with Gasteiger partial charge in [-0.1, -0.05) is 0 Å². The van der Waals surface area contributed by atoms with Gasteiger partial charge in [0.05, 0.1) is 30.0 Å². The lowest BCUT2D eigenvalue weighted by Crippen LogP contribution is -2.44. The minimum Gasteiger partial charge on any atom is -0.458 e. The van der Waals surface area contributed by atoms with Gasteiger partial charge >= 0.3 is 6.01 Å². The summed E-state index contributed by atoms with van der Waals surface area (Å²) in [5.41, 5.74) is 2.00. The molecule has 0 N–H and O–H groups in total. The summed E-state index contributed by atoms with van der Waals surface area (Å²) in [6.07, 6.45) is 6.71. The number of nitrogens with zero attached hydrogens (tertiary/aromatic N) is 5. The van der Waals surface area contributed by atoms with Crippen molar-refractivity contribution in [3.05, 3.63) is 54.4 Å². The van der Waals surface area contributed by atoms with Crippen LogP contribution in [0.2, 0.25) is 0 Å². The number of amides is 1. The first-order valence-corrected chi connectivity index (χ1v) is 8.33. The number of piperidine rings is 1. The third kappa shape index (κ3) is 3.44. The van der Waals surface area contributed by atoms with Gasteiger partial charge in [-0.15, -0.1) is 0 Å². The number of halogens is 1. The van der Waals surface area contributed by atoms with E-state index < -0.39 is 5.82 Å². The van der Waals surface area contributed by atoms with Crippen molar-refractivity contribution >= 4 is 16.9 Å². The van der Waals surface area contributed by atoms with Crippen molar-refractivity contribution in [1.82, 2.24) is 24.8 Å². The molecule has 0 bridgehead atoms. The molecule has 1 atom stereocenters. The number of carbonyl (C=O) groups excluding carboxylic acids is 1. The Morgan fingerprint density at radius 2 is 1.88 bits per heavy atom. The predicted octanol–water partition coefficient (Wildman–Crippen LogP) is 2.24. The molecule has 2 aromatic heterocycles. The third-order valence-corrected chi connectivity index (χ3v) is 4.25. The lowest BCUT2D eigenvalue weighted by Gasteiger charge is -2.32. The molecule has 132 valence electrons. The Morgan fingerprint density at radius 1 is 1.12 bits per heavy atom. The van der Waals surface area contributed by atoms with E-state index in [4.69, 9.17) is 4.74 Å². The van der Waals surface area contributed by atoms with Crippen molar-refractivity contribution in [2.24, 2.45) is 0 Å². The number of benzene rings is 1. The Hall–Kier alpha value is -3.16. The van der Waals surface area contributed by atoms with Crippen molar-refractivity contribution in [2.75, 3.05) is 13.1 Å². The Labute approximate surface area is 148 Å². The fourth-order valence-corrected chi connectivity index (χ4v) is 3.01. The van der Waals surface area contributed by atoms with Crippen molar-refractivity contribution in [1.29, 1.82) is 0 Å². The largest absolute Gasteiger partial charge is 0.458 e. The Morgan fingerprint density at radius 3 is 2.69 bits per heavy atom. The molecule has 0 saturated carbocycles. The van der Waals surface area contributed by atoms with Crippen LogP contribution in [0.1, 0.15) is 23.2 Å². The average Bonchev–Trinajstić information content (AvgIpc) is 2.69. The number of fused-ring (bicyclic) bond motifs is 1. The molecule has 1 aliphatic rings. The summed E-state index contributed by atoms with van der Waals surface area (Å²) in [7, 11) is 0. The minimum atomic E-state index is -0.516. The first-order valence-electron chi connectivity index (χ1n) is 8.33. The van der Waals surface area contributed by atoms with Crippen molar-refractivity contribution in [2.45, 2.75) is 18.9 Å². The molecule has 3 heterocycles. The van der Waals surface area contributed by atoms with E-state index in [0.29, 0.717) is 24.2 Å². The first kappa shape index (κ1) is 16.3. The maximum absolute atomic E-state index is 12.9. The van der Waals surface area contributed by atoms with Crippen LogP contribution in [-0.4, -0.2) is 49.9 Å². The third-order valence-electron chi connectivity index (χ3n) is 4.25. The average molecular weight is 353 g/mol. The van der Waals surface area contributed by atoms with Crippen molar-refractivity contribution < 1.29 is 13.9 Å². The highest BCUT2D eigenvalue weighted by molar-refractivity contribution is 5.97. The van der Waals surface area contributed by atoms with Crippen LogP contribution in [0.25, 0.3) is 11.0 Å². The fourth-order valence-electron chi connectivity index (χ4n) is 3.01. The van der Waals surface area contributed by atoms with Gasteiger partial charge in [0.25, 0.3) is 5.91 Å². The van der Waals surface area contributed by atoms with Crippen LogP contribution < -0.4 is 4.74 Å². The quantitative estimate of drug-likeness (QED) is 0.718. The Bertz CT molecular complexity index is 934. The lowest BCUT2D eigenvalue weighted by atomic mass is 10.1. The zero-order valence-electron chi connectivity index (χ0n) is 13.9. The number of hydrogen-bond acceptors (Lipinski definition) is 6. The SMILES string of the molecule is O=C(c1ccc2nccnc2c1)N1CCCC(Oc2ncc(F)cn2)C1. The summed E-state index contributed by atoms with van der Waals surface area (Å²) in [6, 6.07) is 5.41. The van der Waals surface area contributed by atoms with Crippen LogP contribution in [0.15, 0.2) is 43.0 Å².